The van der Waals surface area contributed by atoms with E-state index >= 15 is 0 Å². The lowest BCUT2D eigenvalue weighted by molar-refractivity contribution is 0.600. The van der Waals surface area contributed by atoms with Gasteiger partial charge in [-0.1, -0.05) is 29.8 Å². The molecule has 100 valence electrons. The van der Waals surface area contributed by atoms with Gasteiger partial charge in [-0.15, -0.1) is 0 Å². The van der Waals surface area contributed by atoms with Crippen molar-refractivity contribution >= 4 is 38.3 Å². The standard InChI is InChI=1S/C14H14INO2S/c1-10-7-8-14(11(2)9-10)19(17,18)16-13-6-4-3-5-12(13)15/h3-9,16H,1-2H3. The Labute approximate surface area is 127 Å². The molecular formula is C14H14INO2S. The van der Waals surface area contributed by atoms with Gasteiger partial charge >= 0.3 is 0 Å². The highest BCUT2D eigenvalue weighted by molar-refractivity contribution is 14.1. The fourth-order valence-corrected chi connectivity index (χ4v) is 3.86. The summed E-state index contributed by atoms with van der Waals surface area (Å²) in [6.45, 7) is 3.74. The first-order chi connectivity index (χ1) is 8.90. The van der Waals surface area contributed by atoms with Crippen molar-refractivity contribution in [1.82, 2.24) is 0 Å². The largest absolute Gasteiger partial charge is 0.279 e. The summed E-state index contributed by atoms with van der Waals surface area (Å²) in [7, 11) is -3.54. The van der Waals surface area contributed by atoms with Gasteiger partial charge in [0.2, 0.25) is 0 Å². The monoisotopic (exact) mass is 387 g/mol. The highest BCUT2D eigenvalue weighted by Gasteiger charge is 2.17. The van der Waals surface area contributed by atoms with Gasteiger partial charge in [-0.2, -0.15) is 0 Å². The molecular weight excluding hydrogens is 373 g/mol. The molecule has 2 rings (SSSR count). The van der Waals surface area contributed by atoms with Crippen LogP contribution in [-0.2, 0) is 10.0 Å². The van der Waals surface area contributed by atoms with E-state index in [9.17, 15) is 8.42 Å². The van der Waals surface area contributed by atoms with Crippen molar-refractivity contribution < 1.29 is 8.42 Å². The van der Waals surface area contributed by atoms with E-state index in [0.717, 1.165) is 14.7 Å². The van der Waals surface area contributed by atoms with Crippen LogP contribution in [0.4, 0.5) is 5.69 Å². The van der Waals surface area contributed by atoms with E-state index in [1.54, 1.807) is 25.1 Å². The van der Waals surface area contributed by atoms with Crippen LogP contribution < -0.4 is 4.72 Å². The SMILES string of the molecule is Cc1ccc(S(=O)(=O)Nc2ccccc2I)c(C)c1. The average Bonchev–Trinajstić information content (AvgIpc) is 2.31. The number of nitrogens with one attached hydrogen (secondary N) is 1. The summed E-state index contributed by atoms with van der Waals surface area (Å²) in [5, 5.41) is 0. The van der Waals surface area contributed by atoms with Gasteiger partial charge in [0.1, 0.15) is 0 Å². The van der Waals surface area contributed by atoms with E-state index in [1.165, 1.54) is 0 Å². The molecule has 0 unspecified atom stereocenters. The molecule has 2 aromatic rings. The molecule has 1 N–H and O–H groups in total. The maximum Gasteiger partial charge on any atom is 0.262 e. The maximum absolute atomic E-state index is 12.4. The summed E-state index contributed by atoms with van der Waals surface area (Å²) in [6.07, 6.45) is 0. The fraction of sp³-hybridized carbons (Fsp3) is 0.143. The number of benzene rings is 2. The van der Waals surface area contributed by atoms with Gasteiger partial charge in [0, 0.05) is 3.57 Å². The molecule has 0 fully saturated rings. The van der Waals surface area contributed by atoms with E-state index in [-0.39, 0.29) is 0 Å². The average molecular weight is 387 g/mol. The fourth-order valence-electron chi connectivity index (χ4n) is 1.84. The lowest BCUT2D eigenvalue weighted by Crippen LogP contribution is -2.15. The number of halogens is 1. The van der Waals surface area contributed by atoms with E-state index in [2.05, 4.69) is 27.3 Å². The zero-order chi connectivity index (χ0) is 14.0. The van der Waals surface area contributed by atoms with E-state index in [0.29, 0.717) is 10.6 Å². The van der Waals surface area contributed by atoms with Gasteiger partial charge < -0.3 is 0 Å². The van der Waals surface area contributed by atoms with Crippen molar-refractivity contribution in [3.63, 3.8) is 0 Å². The van der Waals surface area contributed by atoms with E-state index < -0.39 is 10.0 Å². The molecule has 0 saturated carbocycles. The molecule has 0 amide bonds. The van der Waals surface area contributed by atoms with Crippen molar-refractivity contribution in [2.75, 3.05) is 4.72 Å². The Morgan fingerprint density at radius 3 is 2.37 bits per heavy atom. The smallest absolute Gasteiger partial charge is 0.262 e. The number of aryl methyl sites for hydroxylation is 2. The second kappa shape index (κ2) is 5.50. The van der Waals surface area contributed by atoms with Crippen LogP contribution in [0.5, 0.6) is 0 Å². The van der Waals surface area contributed by atoms with Gasteiger partial charge in [-0.3, -0.25) is 4.72 Å². The minimum absolute atomic E-state index is 0.317. The van der Waals surface area contributed by atoms with Gasteiger partial charge in [0.25, 0.3) is 10.0 Å². The topological polar surface area (TPSA) is 46.2 Å². The Balaban J connectivity index is 2.41. The van der Waals surface area contributed by atoms with Crippen molar-refractivity contribution in [3.8, 4) is 0 Å². The number of rotatable bonds is 3. The minimum Gasteiger partial charge on any atom is -0.279 e. The first-order valence-corrected chi connectivity index (χ1v) is 8.31. The predicted molar refractivity (Wildman–Crippen MR) is 85.9 cm³/mol. The number of anilines is 1. The van der Waals surface area contributed by atoms with E-state index in [1.807, 2.05) is 31.2 Å². The summed E-state index contributed by atoms with van der Waals surface area (Å²) < 4.78 is 28.2. The van der Waals surface area contributed by atoms with Crippen molar-refractivity contribution in [1.29, 1.82) is 0 Å². The lowest BCUT2D eigenvalue weighted by atomic mass is 10.2. The molecule has 0 heterocycles. The Morgan fingerprint density at radius 1 is 1.05 bits per heavy atom. The van der Waals surface area contributed by atoms with Crippen molar-refractivity contribution in [2.24, 2.45) is 0 Å². The number of sulfonamides is 1. The third-order valence-corrected chi connectivity index (χ3v) is 5.20. The molecule has 0 radical (unpaired) electrons. The molecule has 0 bridgehead atoms. The number of hydrogen-bond acceptors (Lipinski definition) is 2. The lowest BCUT2D eigenvalue weighted by Gasteiger charge is -2.12. The van der Waals surface area contributed by atoms with Crippen LogP contribution in [-0.4, -0.2) is 8.42 Å². The van der Waals surface area contributed by atoms with Crippen LogP contribution in [0.25, 0.3) is 0 Å². The van der Waals surface area contributed by atoms with Crippen molar-refractivity contribution in [3.05, 3.63) is 57.2 Å². The highest BCUT2D eigenvalue weighted by atomic mass is 127. The zero-order valence-electron chi connectivity index (χ0n) is 10.6. The van der Waals surface area contributed by atoms with Crippen LogP contribution >= 0.6 is 22.6 Å². The van der Waals surface area contributed by atoms with Gasteiger partial charge in [-0.25, -0.2) is 8.42 Å². The van der Waals surface area contributed by atoms with Crippen LogP contribution in [0, 0.1) is 17.4 Å². The van der Waals surface area contributed by atoms with Crippen molar-refractivity contribution in [2.45, 2.75) is 18.7 Å². The second-order valence-electron chi connectivity index (χ2n) is 4.35. The first-order valence-electron chi connectivity index (χ1n) is 5.75. The first kappa shape index (κ1) is 14.3. The Bertz CT molecular complexity index is 711. The Morgan fingerprint density at radius 2 is 1.74 bits per heavy atom. The summed E-state index contributed by atoms with van der Waals surface area (Å²) >= 11 is 2.11. The zero-order valence-corrected chi connectivity index (χ0v) is 13.6. The predicted octanol–water partition coefficient (Wildman–Crippen LogP) is 3.71. The normalized spacial score (nSPS) is 11.3. The highest BCUT2D eigenvalue weighted by Crippen LogP contribution is 2.23. The molecule has 0 atom stereocenters. The molecule has 0 aliphatic heterocycles. The summed E-state index contributed by atoms with van der Waals surface area (Å²) in [5.41, 5.74) is 2.40. The minimum atomic E-state index is -3.54. The van der Waals surface area contributed by atoms with Crippen LogP contribution in [0.15, 0.2) is 47.4 Å². The molecule has 3 nitrogen and oxygen atoms in total. The molecule has 0 aliphatic rings. The number of hydrogen-bond donors (Lipinski definition) is 1. The third kappa shape index (κ3) is 3.27. The summed E-state index contributed by atoms with van der Waals surface area (Å²) in [4.78, 5) is 0.317. The van der Waals surface area contributed by atoms with Gasteiger partial charge in [0.15, 0.2) is 0 Å². The Kier molecular flexibility index (Phi) is 4.15. The van der Waals surface area contributed by atoms with Crippen LogP contribution in [0.2, 0.25) is 0 Å². The molecule has 0 aromatic heterocycles. The molecule has 0 aliphatic carbocycles. The molecule has 0 spiro atoms. The van der Waals surface area contributed by atoms with Crippen LogP contribution in [0.3, 0.4) is 0 Å². The number of para-hydroxylation sites is 1. The Hall–Kier alpha value is -1.08. The van der Waals surface area contributed by atoms with E-state index in [4.69, 9.17) is 0 Å². The maximum atomic E-state index is 12.4. The summed E-state index contributed by atoms with van der Waals surface area (Å²) in [6, 6.07) is 12.6. The second-order valence-corrected chi connectivity index (χ2v) is 7.17. The third-order valence-electron chi connectivity index (χ3n) is 2.74. The molecule has 0 saturated heterocycles. The molecule has 19 heavy (non-hydrogen) atoms. The van der Waals surface area contributed by atoms with Gasteiger partial charge in [0.05, 0.1) is 10.6 Å². The molecule has 5 heteroatoms. The molecule has 2 aromatic carbocycles. The summed E-state index contributed by atoms with van der Waals surface area (Å²) in [5.74, 6) is 0. The van der Waals surface area contributed by atoms with Gasteiger partial charge in [-0.05, 0) is 60.2 Å². The van der Waals surface area contributed by atoms with Crippen LogP contribution in [0.1, 0.15) is 11.1 Å². The quantitative estimate of drug-likeness (QED) is 0.817.